The summed E-state index contributed by atoms with van der Waals surface area (Å²) in [5.41, 5.74) is 3.46. The van der Waals surface area contributed by atoms with Crippen LogP contribution in [0.1, 0.15) is 5.56 Å². The van der Waals surface area contributed by atoms with Crippen molar-refractivity contribution in [1.29, 1.82) is 5.26 Å². The first kappa shape index (κ1) is 10.3. The summed E-state index contributed by atoms with van der Waals surface area (Å²) < 4.78 is 0. The zero-order valence-electron chi connectivity index (χ0n) is 8.21. The Bertz CT molecular complexity index is 541. The lowest BCUT2D eigenvalue weighted by Crippen LogP contribution is -1.90. The van der Waals surface area contributed by atoms with Gasteiger partial charge in [-0.1, -0.05) is 11.3 Å². The molecule has 0 amide bonds. The van der Waals surface area contributed by atoms with Gasteiger partial charge in [0.15, 0.2) is 0 Å². The third kappa shape index (κ3) is 2.04. The molecule has 0 atom stereocenters. The highest BCUT2D eigenvalue weighted by atomic mass is 32.1. The molecule has 0 aliphatic rings. The first-order chi connectivity index (χ1) is 7.83. The molecule has 0 aliphatic carbocycles. The van der Waals surface area contributed by atoms with Gasteiger partial charge in [0.1, 0.15) is 11.6 Å². The number of hydrogen-bond donors (Lipinski definition) is 1. The zero-order chi connectivity index (χ0) is 11.4. The van der Waals surface area contributed by atoms with Gasteiger partial charge in [0, 0.05) is 5.69 Å². The number of aromatic nitrogens is 2. The number of nitrogens with zero attached hydrogens (tertiary/aromatic N) is 4. The van der Waals surface area contributed by atoms with E-state index in [0.717, 1.165) is 5.69 Å². The Morgan fingerprint density at radius 3 is 3.00 bits per heavy atom. The third-order valence-electron chi connectivity index (χ3n) is 1.90. The monoisotopic (exact) mass is 229 g/mol. The molecule has 5 nitrogen and oxygen atoms in total. The molecule has 1 aromatic heterocycles. The van der Waals surface area contributed by atoms with E-state index in [2.05, 4.69) is 33.3 Å². The minimum atomic E-state index is 0.476. The average Bonchev–Trinajstić information content (AvgIpc) is 2.81. The molecule has 2 rings (SSSR count). The minimum Gasteiger partial charge on any atom is -0.330 e. The SMILES string of the molecule is C=Nc1ccc(Nc2nncs2)cc1C#N. The molecule has 0 radical (unpaired) electrons. The molecule has 1 heterocycles. The van der Waals surface area contributed by atoms with Crippen molar-refractivity contribution < 1.29 is 0 Å². The zero-order valence-corrected chi connectivity index (χ0v) is 9.03. The van der Waals surface area contributed by atoms with E-state index < -0.39 is 0 Å². The summed E-state index contributed by atoms with van der Waals surface area (Å²) in [6.07, 6.45) is 0. The second kappa shape index (κ2) is 4.51. The molecule has 1 N–H and O–H groups in total. The van der Waals surface area contributed by atoms with Gasteiger partial charge < -0.3 is 5.32 Å². The van der Waals surface area contributed by atoms with Gasteiger partial charge in [-0.25, -0.2) is 0 Å². The molecular formula is C10H7N5S. The first-order valence-corrected chi connectivity index (χ1v) is 5.25. The molecule has 16 heavy (non-hydrogen) atoms. The van der Waals surface area contributed by atoms with Crippen LogP contribution in [0.15, 0.2) is 28.7 Å². The van der Waals surface area contributed by atoms with Gasteiger partial charge in [0.25, 0.3) is 0 Å². The fourth-order valence-corrected chi connectivity index (χ4v) is 1.66. The average molecular weight is 229 g/mol. The Kier molecular flexibility index (Phi) is 2.89. The summed E-state index contributed by atoms with van der Waals surface area (Å²) in [5.74, 6) is 0. The topological polar surface area (TPSA) is 74.0 Å². The Hall–Kier alpha value is -2.26. The van der Waals surface area contributed by atoms with E-state index in [0.29, 0.717) is 16.4 Å². The second-order valence-electron chi connectivity index (χ2n) is 2.87. The molecular weight excluding hydrogens is 222 g/mol. The van der Waals surface area contributed by atoms with Gasteiger partial charge >= 0.3 is 0 Å². The van der Waals surface area contributed by atoms with E-state index in [-0.39, 0.29) is 0 Å². The van der Waals surface area contributed by atoms with Crippen molar-refractivity contribution in [2.24, 2.45) is 4.99 Å². The maximum Gasteiger partial charge on any atom is 0.209 e. The van der Waals surface area contributed by atoms with Crippen LogP contribution in [0.3, 0.4) is 0 Å². The van der Waals surface area contributed by atoms with Crippen LogP contribution < -0.4 is 5.32 Å². The highest BCUT2D eigenvalue weighted by Crippen LogP contribution is 2.24. The predicted octanol–water partition coefficient (Wildman–Crippen LogP) is 2.49. The van der Waals surface area contributed by atoms with Crippen LogP contribution in [0.2, 0.25) is 0 Å². The van der Waals surface area contributed by atoms with Crippen molar-refractivity contribution in [3.05, 3.63) is 29.3 Å². The number of rotatable bonds is 3. The molecule has 0 fully saturated rings. The Morgan fingerprint density at radius 2 is 2.38 bits per heavy atom. The molecule has 1 aromatic carbocycles. The molecule has 2 aromatic rings. The number of benzene rings is 1. The van der Waals surface area contributed by atoms with Crippen LogP contribution in [0, 0.1) is 11.3 Å². The Morgan fingerprint density at radius 1 is 1.50 bits per heavy atom. The number of nitriles is 1. The molecule has 0 saturated heterocycles. The van der Waals surface area contributed by atoms with Gasteiger partial charge in [-0.05, 0) is 24.9 Å². The van der Waals surface area contributed by atoms with Crippen molar-refractivity contribution >= 4 is 34.6 Å². The summed E-state index contributed by atoms with van der Waals surface area (Å²) in [7, 11) is 0. The van der Waals surface area contributed by atoms with Crippen LogP contribution in [-0.4, -0.2) is 16.9 Å². The maximum atomic E-state index is 8.91. The van der Waals surface area contributed by atoms with Crippen LogP contribution >= 0.6 is 11.3 Å². The van der Waals surface area contributed by atoms with Gasteiger partial charge in [-0.3, -0.25) is 4.99 Å². The lowest BCUT2D eigenvalue weighted by Gasteiger charge is -2.03. The fourth-order valence-electron chi connectivity index (χ4n) is 1.19. The summed E-state index contributed by atoms with van der Waals surface area (Å²) in [4.78, 5) is 3.75. The number of anilines is 2. The van der Waals surface area contributed by atoms with Gasteiger partial charge in [-0.2, -0.15) is 5.26 Å². The number of aliphatic imine (C=N–C) groups is 1. The molecule has 0 unspecified atom stereocenters. The minimum absolute atomic E-state index is 0.476. The van der Waals surface area contributed by atoms with Crippen LogP contribution in [0.25, 0.3) is 0 Å². The summed E-state index contributed by atoms with van der Waals surface area (Å²) >= 11 is 1.39. The highest BCUT2D eigenvalue weighted by Gasteiger charge is 2.03. The maximum absolute atomic E-state index is 8.91. The lowest BCUT2D eigenvalue weighted by atomic mass is 10.2. The standard InChI is InChI=1S/C10H7N5S/c1-12-9-3-2-8(4-7(9)5-11)14-10-15-13-6-16-10/h2-4,6H,1H2,(H,14,15). The predicted molar refractivity (Wildman–Crippen MR) is 63.6 cm³/mol. The molecule has 78 valence electrons. The highest BCUT2D eigenvalue weighted by molar-refractivity contribution is 7.13. The quantitative estimate of drug-likeness (QED) is 0.820. The van der Waals surface area contributed by atoms with Gasteiger partial charge in [0.2, 0.25) is 5.13 Å². The van der Waals surface area contributed by atoms with Crippen LogP contribution in [0.4, 0.5) is 16.5 Å². The molecule has 0 spiro atoms. The fraction of sp³-hybridized carbons (Fsp3) is 0. The molecule has 0 aliphatic heterocycles. The van der Waals surface area contributed by atoms with E-state index in [1.165, 1.54) is 11.3 Å². The summed E-state index contributed by atoms with van der Waals surface area (Å²) in [6.45, 7) is 3.40. The largest absolute Gasteiger partial charge is 0.330 e. The van der Waals surface area contributed by atoms with Crippen molar-refractivity contribution in [2.45, 2.75) is 0 Å². The lowest BCUT2D eigenvalue weighted by molar-refractivity contribution is 1.09. The smallest absolute Gasteiger partial charge is 0.209 e. The van der Waals surface area contributed by atoms with Crippen molar-refractivity contribution in [2.75, 3.05) is 5.32 Å². The van der Waals surface area contributed by atoms with Crippen LogP contribution in [-0.2, 0) is 0 Å². The van der Waals surface area contributed by atoms with Gasteiger partial charge in [-0.15, -0.1) is 10.2 Å². The van der Waals surface area contributed by atoms with E-state index in [4.69, 9.17) is 5.26 Å². The van der Waals surface area contributed by atoms with E-state index in [1.54, 1.807) is 17.6 Å². The second-order valence-corrected chi connectivity index (χ2v) is 3.70. The van der Waals surface area contributed by atoms with Gasteiger partial charge in [0.05, 0.1) is 11.3 Å². The van der Waals surface area contributed by atoms with E-state index in [1.807, 2.05) is 6.07 Å². The normalized spacial score (nSPS) is 9.44. The van der Waals surface area contributed by atoms with E-state index in [9.17, 15) is 0 Å². The van der Waals surface area contributed by atoms with E-state index >= 15 is 0 Å². The van der Waals surface area contributed by atoms with Crippen molar-refractivity contribution in [1.82, 2.24) is 10.2 Å². The molecule has 0 saturated carbocycles. The van der Waals surface area contributed by atoms with Crippen molar-refractivity contribution in [3.8, 4) is 6.07 Å². The van der Waals surface area contributed by atoms with Crippen LogP contribution in [0.5, 0.6) is 0 Å². The number of nitrogens with one attached hydrogen (secondary N) is 1. The first-order valence-electron chi connectivity index (χ1n) is 4.37. The summed E-state index contributed by atoms with van der Waals surface area (Å²) in [5, 5.41) is 20.2. The summed E-state index contributed by atoms with van der Waals surface area (Å²) in [6, 6.07) is 7.30. The third-order valence-corrected chi connectivity index (χ3v) is 2.51. The Balaban J connectivity index is 2.30. The Labute approximate surface area is 96.1 Å². The molecule has 0 bridgehead atoms. The number of hydrogen-bond acceptors (Lipinski definition) is 6. The van der Waals surface area contributed by atoms with Crippen molar-refractivity contribution in [3.63, 3.8) is 0 Å². The molecule has 6 heteroatoms.